The molecule has 8 heteroatoms. The van der Waals surface area contributed by atoms with Gasteiger partial charge in [0.2, 0.25) is 11.8 Å². The highest BCUT2D eigenvalue weighted by atomic mass is 35.5. The van der Waals surface area contributed by atoms with Crippen molar-refractivity contribution in [2.75, 3.05) is 11.9 Å². The van der Waals surface area contributed by atoms with E-state index in [9.17, 15) is 4.79 Å². The zero-order valence-electron chi connectivity index (χ0n) is 17.3. The molecule has 3 aromatic carbocycles. The van der Waals surface area contributed by atoms with Crippen LogP contribution in [0.1, 0.15) is 24.4 Å². The lowest BCUT2D eigenvalue weighted by atomic mass is 10.1. The number of carbonyl (C=O) groups is 1. The third kappa shape index (κ3) is 5.07. The summed E-state index contributed by atoms with van der Waals surface area (Å²) >= 11 is 6.25. The van der Waals surface area contributed by atoms with Crippen molar-refractivity contribution in [3.63, 3.8) is 0 Å². The van der Waals surface area contributed by atoms with Gasteiger partial charge in [-0.05, 0) is 48.9 Å². The molecular formula is C24H21ClN4O3. The van der Waals surface area contributed by atoms with E-state index in [1.807, 2.05) is 49.4 Å². The molecule has 162 valence electrons. The van der Waals surface area contributed by atoms with Crippen LogP contribution in [0.5, 0.6) is 5.75 Å². The normalized spacial score (nSPS) is 11.6. The number of anilines is 1. The number of hydrogen-bond acceptors (Lipinski definition) is 5. The molecular weight excluding hydrogens is 428 g/mol. The van der Waals surface area contributed by atoms with E-state index in [1.165, 1.54) is 0 Å². The van der Waals surface area contributed by atoms with Gasteiger partial charge in [-0.2, -0.15) is 0 Å². The summed E-state index contributed by atoms with van der Waals surface area (Å²) in [6, 6.07) is 22.7. The molecule has 0 bridgehead atoms. The molecule has 2 N–H and O–H groups in total. The van der Waals surface area contributed by atoms with E-state index in [1.54, 1.807) is 36.4 Å². The van der Waals surface area contributed by atoms with Crippen molar-refractivity contribution in [1.29, 1.82) is 0 Å². The molecule has 0 aliphatic heterocycles. The van der Waals surface area contributed by atoms with Gasteiger partial charge >= 0.3 is 6.03 Å². The number of carbonyl (C=O) groups excluding carboxylic acids is 1. The van der Waals surface area contributed by atoms with Gasteiger partial charge in [-0.1, -0.05) is 54.1 Å². The summed E-state index contributed by atoms with van der Waals surface area (Å²) in [5.74, 6) is 1.26. The Kier molecular flexibility index (Phi) is 6.67. The van der Waals surface area contributed by atoms with Crippen LogP contribution in [-0.4, -0.2) is 22.8 Å². The Labute approximate surface area is 190 Å². The van der Waals surface area contributed by atoms with Gasteiger partial charge in [0.25, 0.3) is 0 Å². The van der Waals surface area contributed by atoms with Crippen LogP contribution in [0.2, 0.25) is 5.02 Å². The lowest BCUT2D eigenvalue weighted by Crippen LogP contribution is -2.33. The van der Waals surface area contributed by atoms with E-state index in [0.717, 1.165) is 11.3 Å². The second-order valence-electron chi connectivity index (χ2n) is 6.82. The topological polar surface area (TPSA) is 89.3 Å². The summed E-state index contributed by atoms with van der Waals surface area (Å²) in [6.45, 7) is 2.49. The molecule has 0 radical (unpaired) electrons. The van der Waals surface area contributed by atoms with Gasteiger partial charge in [-0.3, -0.25) is 0 Å². The SMILES string of the molecule is CCOc1ccc(NC(=O)N[C@H](c2ccccc2)c2nnc(-c3ccccc3Cl)o2)cc1. The summed E-state index contributed by atoms with van der Waals surface area (Å²) in [6.07, 6.45) is 0. The first-order chi connectivity index (χ1) is 15.6. The Morgan fingerprint density at radius 3 is 2.44 bits per heavy atom. The minimum absolute atomic E-state index is 0.243. The second-order valence-corrected chi connectivity index (χ2v) is 7.23. The number of nitrogens with zero attached hydrogens (tertiary/aromatic N) is 2. The quantitative estimate of drug-likeness (QED) is 0.378. The number of urea groups is 1. The highest BCUT2D eigenvalue weighted by molar-refractivity contribution is 6.33. The molecule has 7 nitrogen and oxygen atoms in total. The smallest absolute Gasteiger partial charge is 0.320 e. The van der Waals surface area contributed by atoms with Gasteiger partial charge in [0.1, 0.15) is 11.8 Å². The molecule has 1 aromatic heterocycles. The summed E-state index contributed by atoms with van der Waals surface area (Å²) < 4.78 is 11.3. The Morgan fingerprint density at radius 1 is 1.00 bits per heavy atom. The van der Waals surface area contributed by atoms with Crippen molar-refractivity contribution in [3.8, 4) is 17.2 Å². The molecule has 32 heavy (non-hydrogen) atoms. The largest absolute Gasteiger partial charge is 0.494 e. The predicted molar refractivity (Wildman–Crippen MR) is 123 cm³/mol. The van der Waals surface area contributed by atoms with Crippen LogP contribution >= 0.6 is 11.6 Å². The predicted octanol–water partition coefficient (Wildman–Crippen LogP) is 5.70. The van der Waals surface area contributed by atoms with Gasteiger partial charge in [0.15, 0.2) is 0 Å². The molecule has 0 unspecified atom stereocenters. The highest BCUT2D eigenvalue weighted by Gasteiger charge is 2.24. The van der Waals surface area contributed by atoms with E-state index in [-0.39, 0.29) is 11.8 Å². The van der Waals surface area contributed by atoms with Crippen molar-refractivity contribution in [2.24, 2.45) is 0 Å². The van der Waals surface area contributed by atoms with Crippen LogP contribution < -0.4 is 15.4 Å². The average molecular weight is 449 g/mol. The van der Waals surface area contributed by atoms with Crippen LogP contribution in [0.3, 0.4) is 0 Å². The molecule has 0 saturated heterocycles. The molecule has 1 atom stereocenters. The lowest BCUT2D eigenvalue weighted by Gasteiger charge is -2.16. The first kappa shape index (κ1) is 21.4. The number of amides is 2. The van der Waals surface area contributed by atoms with Crippen LogP contribution in [0.15, 0.2) is 83.3 Å². The first-order valence-corrected chi connectivity index (χ1v) is 10.5. The summed E-state index contributed by atoms with van der Waals surface area (Å²) in [5.41, 5.74) is 2.04. The monoisotopic (exact) mass is 448 g/mol. The lowest BCUT2D eigenvalue weighted by molar-refractivity contribution is 0.248. The second kappa shape index (κ2) is 9.98. The van der Waals surface area contributed by atoms with Gasteiger partial charge in [-0.25, -0.2) is 4.79 Å². The third-order valence-corrected chi connectivity index (χ3v) is 4.95. The van der Waals surface area contributed by atoms with Crippen molar-refractivity contribution in [2.45, 2.75) is 13.0 Å². The van der Waals surface area contributed by atoms with E-state index >= 15 is 0 Å². The fourth-order valence-corrected chi connectivity index (χ4v) is 3.34. The van der Waals surface area contributed by atoms with Crippen LogP contribution in [0.4, 0.5) is 10.5 Å². The van der Waals surface area contributed by atoms with Gasteiger partial charge in [0.05, 0.1) is 17.2 Å². The van der Waals surface area contributed by atoms with Crippen molar-refractivity contribution in [3.05, 3.63) is 95.3 Å². The number of rotatable bonds is 7. The first-order valence-electron chi connectivity index (χ1n) is 10.1. The Morgan fingerprint density at radius 2 is 1.72 bits per heavy atom. The van der Waals surface area contributed by atoms with Crippen molar-refractivity contribution >= 4 is 23.3 Å². The van der Waals surface area contributed by atoms with Crippen LogP contribution in [-0.2, 0) is 0 Å². The van der Waals surface area contributed by atoms with E-state index in [2.05, 4.69) is 20.8 Å². The van der Waals surface area contributed by atoms with Gasteiger partial charge in [0, 0.05) is 5.69 Å². The maximum Gasteiger partial charge on any atom is 0.320 e. The summed E-state index contributed by atoms with van der Waals surface area (Å²) in [5, 5.41) is 14.5. The molecule has 0 aliphatic rings. The van der Waals surface area contributed by atoms with Crippen LogP contribution in [0.25, 0.3) is 11.5 Å². The molecule has 0 spiro atoms. The zero-order chi connectivity index (χ0) is 22.3. The fourth-order valence-electron chi connectivity index (χ4n) is 3.13. The molecule has 0 fully saturated rings. The average Bonchev–Trinajstić information content (AvgIpc) is 3.29. The molecule has 4 aromatic rings. The number of benzene rings is 3. The fraction of sp³-hybridized carbons (Fsp3) is 0.125. The number of hydrogen-bond donors (Lipinski definition) is 2. The van der Waals surface area contributed by atoms with E-state index in [0.29, 0.717) is 22.9 Å². The third-order valence-electron chi connectivity index (χ3n) is 4.62. The Hall–Kier alpha value is -3.84. The number of halogens is 1. The minimum Gasteiger partial charge on any atom is -0.494 e. The number of aromatic nitrogens is 2. The number of ether oxygens (including phenoxy) is 1. The van der Waals surface area contributed by atoms with Gasteiger partial charge < -0.3 is 19.8 Å². The molecule has 0 aliphatic carbocycles. The van der Waals surface area contributed by atoms with Gasteiger partial charge in [-0.15, -0.1) is 10.2 Å². The maximum atomic E-state index is 12.7. The summed E-state index contributed by atoms with van der Waals surface area (Å²) in [7, 11) is 0. The highest BCUT2D eigenvalue weighted by Crippen LogP contribution is 2.29. The molecule has 1 heterocycles. The van der Waals surface area contributed by atoms with Crippen molar-refractivity contribution in [1.82, 2.24) is 15.5 Å². The Balaban J connectivity index is 1.55. The Bertz CT molecular complexity index is 1180. The summed E-state index contributed by atoms with van der Waals surface area (Å²) in [4.78, 5) is 12.7. The van der Waals surface area contributed by atoms with E-state index in [4.69, 9.17) is 20.8 Å². The molecule has 2 amide bonds. The minimum atomic E-state index is -0.650. The molecule has 4 rings (SSSR count). The maximum absolute atomic E-state index is 12.7. The number of nitrogens with one attached hydrogen (secondary N) is 2. The standard InChI is InChI=1S/C24H21ClN4O3/c1-2-31-18-14-12-17(13-15-18)26-24(30)27-21(16-8-4-3-5-9-16)23-29-28-22(32-23)19-10-6-7-11-20(19)25/h3-15,21H,2H2,1H3,(H2,26,27,30)/t21-/m1/s1. The van der Waals surface area contributed by atoms with Crippen LogP contribution in [0, 0.1) is 0 Å². The molecule has 0 saturated carbocycles. The van der Waals surface area contributed by atoms with Crippen molar-refractivity contribution < 1.29 is 13.9 Å². The van der Waals surface area contributed by atoms with E-state index < -0.39 is 12.1 Å². The zero-order valence-corrected chi connectivity index (χ0v) is 18.0.